The topological polar surface area (TPSA) is 240 Å². The van der Waals surface area contributed by atoms with Crippen molar-refractivity contribution in [3.8, 4) is 11.1 Å². The van der Waals surface area contributed by atoms with E-state index in [0.717, 1.165) is 34.9 Å². The molecule has 0 saturated carbocycles. The Morgan fingerprint density at radius 3 is 1.94 bits per heavy atom. The monoisotopic (exact) mass is 693 g/mol. The van der Waals surface area contributed by atoms with Crippen LogP contribution in [0.4, 0.5) is 11.4 Å². The third-order valence-electron chi connectivity index (χ3n) is 7.62. The number of benzene rings is 4. The smallest absolute Gasteiger partial charge is 0.262 e. The molecule has 14 nitrogen and oxygen atoms in total. The summed E-state index contributed by atoms with van der Waals surface area (Å²) in [6, 6.07) is 14.9. The van der Waals surface area contributed by atoms with Crippen LogP contribution in [0.15, 0.2) is 98.3 Å². The largest absolute Gasteiger partial charge is 0.744 e. The highest BCUT2D eigenvalue weighted by Gasteiger charge is 2.34. The first-order valence-electron chi connectivity index (χ1n) is 13.2. The van der Waals surface area contributed by atoms with E-state index in [1.807, 2.05) is 0 Å². The predicted molar refractivity (Wildman–Crippen MR) is 162 cm³/mol. The summed E-state index contributed by atoms with van der Waals surface area (Å²) in [6.45, 7) is 0. The second-order valence-electron chi connectivity index (χ2n) is 10.4. The summed E-state index contributed by atoms with van der Waals surface area (Å²) >= 11 is 0. The number of pyridine rings is 1. The third-order valence-corrected chi connectivity index (χ3v) is 10.2. The Kier molecular flexibility index (Phi) is 7.31. The van der Waals surface area contributed by atoms with Crippen LogP contribution in [0.3, 0.4) is 0 Å². The minimum Gasteiger partial charge on any atom is -0.744 e. The van der Waals surface area contributed by atoms with Gasteiger partial charge in [-0.25, -0.2) is 25.3 Å². The summed E-state index contributed by atoms with van der Waals surface area (Å²) in [5.41, 5.74) is -2.00. The Bertz CT molecular complexity index is 2650. The van der Waals surface area contributed by atoms with Crippen LogP contribution >= 0.6 is 0 Å². The number of aromatic nitrogens is 1. The zero-order chi connectivity index (χ0) is 34.2. The maximum atomic E-state index is 14.1. The van der Waals surface area contributed by atoms with E-state index in [2.05, 4.69) is 5.32 Å². The summed E-state index contributed by atoms with van der Waals surface area (Å²) in [6.07, 6.45) is 0. The molecule has 6 rings (SSSR count). The van der Waals surface area contributed by atoms with Gasteiger partial charge in [0.25, 0.3) is 5.56 Å². The third kappa shape index (κ3) is 5.33. The van der Waals surface area contributed by atoms with Gasteiger partial charge in [-0.1, -0.05) is 36.4 Å². The number of rotatable bonds is 7. The molecule has 1 heterocycles. The quantitative estimate of drug-likeness (QED) is 0.187. The zero-order valence-electron chi connectivity index (χ0n) is 23.6. The molecule has 17 heteroatoms. The molecule has 0 amide bonds. The molecule has 0 aliphatic heterocycles. The van der Waals surface area contributed by atoms with Gasteiger partial charge >= 0.3 is 0 Å². The second-order valence-corrected chi connectivity index (χ2v) is 14.5. The summed E-state index contributed by atoms with van der Waals surface area (Å²) in [7, 11) is -14.2. The lowest BCUT2D eigenvalue weighted by Gasteiger charge is -2.26. The Balaban J connectivity index is 1.68. The zero-order valence-corrected chi connectivity index (χ0v) is 26.0. The van der Waals surface area contributed by atoms with Gasteiger partial charge in [0.2, 0.25) is 0 Å². The molecular weight excluding hydrogens is 677 g/mol. The summed E-state index contributed by atoms with van der Waals surface area (Å²) in [4.78, 5) is 39.1. The fourth-order valence-electron chi connectivity index (χ4n) is 5.54. The first-order valence-corrected chi connectivity index (χ1v) is 17.4. The van der Waals surface area contributed by atoms with Crippen molar-refractivity contribution in [1.82, 2.24) is 4.57 Å². The number of aryl methyl sites for hydroxylation is 1. The van der Waals surface area contributed by atoms with E-state index in [9.17, 15) is 53.3 Å². The van der Waals surface area contributed by atoms with Gasteiger partial charge in [-0.15, -0.1) is 0 Å². The number of nitrogens with one attached hydrogen (secondary N) is 1. The van der Waals surface area contributed by atoms with Crippen LogP contribution in [-0.4, -0.2) is 55.0 Å². The highest BCUT2D eigenvalue weighted by atomic mass is 32.2. The Morgan fingerprint density at radius 1 is 0.681 bits per heavy atom. The van der Waals surface area contributed by atoms with Crippen LogP contribution in [0, 0.1) is 0 Å². The molecule has 240 valence electrons. The molecule has 0 fully saturated rings. The molecule has 4 aromatic carbocycles. The molecule has 0 saturated heterocycles. The standard InChI is InChI=1S/C30H20N2O12S3/c1-32-22-12-11-21(31-20-10-9-17(46(39,40)41)14-23(20)47(42,43)44)25-26(22)24(18-7-2-3-8-19(18)29(25)34)27(30(32)35)28(33)15-5-4-6-16(13-15)45(36,37)38/h2-14,31H,1H3,(H,36,37,38)(H,39,40,41)(H,42,43,44)/p-3. The molecule has 0 spiro atoms. The van der Waals surface area contributed by atoms with Gasteiger partial charge in [0.05, 0.1) is 42.7 Å². The van der Waals surface area contributed by atoms with Gasteiger partial charge in [0.15, 0.2) is 11.6 Å². The molecule has 5 aromatic rings. The maximum Gasteiger partial charge on any atom is 0.262 e. The summed E-state index contributed by atoms with van der Waals surface area (Å²) in [5.74, 6) is -1.60. The average Bonchev–Trinajstić information content (AvgIpc) is 3.00. The van der Waals surface area contributed by atoms with E-state index in [-0.39, 0.29) is 44.4 Å². The average molecular weight is 694 g/mol. The van der Waals surface area contributed by atoms with Crippen molar-refractivity contribution in [1.29, 1.82) is 0 Å². The van der Waals surface area contributed by atoms with Crippen molar-refractivity contribution in [2.24, 2.45) is 7.05 Å². The van der Waals surface area contributed by atoms with Crippen molar-refractivity contribution >= 4 is 64.2 Å². The van der Waals surface area contributed by atoms with Crippen molar-refractivity contribution in [2.45, 2.75) is 14.7 Å². The van der Waals surface area contributed by atoms with Crippen LogP contribution < -0.4 is 10.9 Å². The molecule has 1 aliphatic rings. The van der Waals surface area contributed by atoms with Crippen molar-refractivity contribution in [3.63, 3.8) is 0 Å². The van der Waals surface area contributed by atoms with Gasteiger partial charge in [-0.2, -0.15) is 0 Å². The van der Waals surface area contributed by atoms with Gasteiger partial charge in [0, 0.05) is 29.1 Å². The van der Waals surface area contributed by atoms with Crippen molar-refractivity contribution in [3.05, 3.63) is 111 Å². The van der Waals surface area contributed by atoms with Crippen LogP contribution in [0.2, 0.25) is 0 Å². The number of ketones is 2. The van der Waals surface area contributed by atoms with E-state index in [0.29, 0.717) is 6.07 Å². The van der Waals surface area contributed by atoms with Crippen LogP contribution in [0.5, 0.6) is 0 Å². The minimum absolute atomic E-state index is 0.0122. The Hall–Kier alpha value is -5.04. The second kappa shape index (κ2) is 10.8. The highest BCUT2D eigenvalue weighted by Crippen LogP contribution is 2.44. The van der Waals surface area contributed by atoms with E-state index >= 15 is 0 Å². The number of fused-ring (bicyclic) bond motifs is 2. The molecule has 0 radical (unpaired) electrons. The van der Waals surface area contributed by atoms with Crippen LogP contribution in [0.1, 0.15) is 31.8 Å². The lowest BCUT2D eigenvalue weighted by molar-refractivity contribution is 0.102. The number of hydrogen-bond donors (Lipinski definition) is 1. The highest BCUT2D eigenvalue weighted by molar-refractivity contribution is 7.86. The number of anilines is 2. The summed E-state index contributed by atoms with van der Waals surface area (Å²) in [5, 5.41) is 2.72. The first kappa shape index (κ1) is 31.9. The van der Waals surface area contributed by atoms with E-state index < -0.39 is 73.4 Å². The molecule has 0 bridgehead atoms. The number of nitrogens with zero attached hydrogens (tertiary/aromatic N) is 1. The Morgan fingerprint density at radius 2 is 1.30 bits per heavy atom. The molecule has 1 aromatic heterocycles. The van der Waals surface area contributed by atoms with Crippen molar-refractivity contribution < 1.29 is 48.5 Å². The Labute approximate surface area is 266 Å². The van der Waals surface area contributed by atoms with Gasteiger partial charge in [-0.05, 0) is 48.0 Å². The maximum absolute atomic E-state index is 14.1. The van der Waals surface area contributed by atoms with Gasteiger partial charge in [0.1, 0.15) is 30.4 Å². The summed E-state index contributed by atoms with van der Waals surface area (Å²) < 4.78 is 107. The van der Waals surface area contributed by atoms with E-state index in [4.69, 9.17) is 0 Å². The first-order chi connectivity index (χ1) is 21.9. The molecule has 0 atom stereocenters. The fourth-order valence-corrected chi connectivity index (χ4v) is 7.29. The molecule has 1 N–H and O–H groups in total. The van der Waals surface area contributed by atoms with E-state index in [1.165, 1.54) is 43.4 Å². The SMILES string of the molecule is Cn1c(=O)c(C(=O)c2cccc(S(=O)(=O)[O-])c2)c2c3c(c(Nc4ccc(S(=O)(=O)[O-])cc4S(=O)(=O)[O-])ccc31)C(=O)c1ccccc1-2. The lowest BCUT2D eigenvalue weighted by Crippen LogP contribution is -2.29. The molecule has 47 heavy (non-hydrogen) atoms. The number of hydrogen-bond acceptors (Lipinski definition) is 13. The normalized spacial score (nSPS) is 13.0. The predicted octanol–water partition coefficient (Wildman–Crippen LogP) is 2.44. The van der Waals surface area contributed by atoms with Crippen LogP contribution in [0.25, 0.3) is 22.0 Å². The number of carbonyl (C=O) groups is 2. The van der Waals surface area contributed by atoms with Crippen molar-refractivity contribution in [2.75, 3.05) is 5.32 Å². The number of carbonyl (C=O) groups excluding carboxylic acids is 2. The molecule has 1 aliphatic carbocycles. The van der Waals surface area contributed by atoms with Crippen LogP contribution in [-0.2, 0) is 37.4 Å². The van der Waals surface area contributed by atoms with Gasteiger partial charge in [-0.3, -0.25) is 14.4 Å². The molecular formula is C30H17N2O12S3-3. The lowest BCUT2D eigenvalue weighted by atomic mass is 9.80. The minimum atomic E-state index is -5.39. The van der Waals surface area contributed by atoms with Gasteiger partial charge < -0.3 is 23.5 Å². The molecule has 0 unspecified atom stereocenters. The van der Waals surface area contributed by atoms with E-state index in [1.54, 1.807) is 6.07 Å². The fraction of sp³-hybridized carbons (Fsp3) is 0.0333.